The summed E-state index contributed by atoms with van der Waals surface area (Å²) in [6.45, 7) is 5.64. The summed E-state index contributed by atoms with van der Waals surface area (Å²) in [5.41, 5.74) is 4.87. The Labute approximate surface area is 248 Å². The molecule has 0 saturated carbocycles. The molecule has 5 aromatic rings. The lowest BCUT2D eigenvalue weighted by molar-refractivity contribution is 0.0272. The SMILES string of the molecule is COc1ccc(COCC2CN(c3cnc(N4CCO[C@H](Cn5nnc6nc(-c7cnn(C)c7)cnc65)C4)nc3)C2)cc1. The van der Waals surface area contributed by atoms with Crippen LogP contribution in [0, 0.1) is 5.92 Å². The first-order chi connectivity index (χ1) is 21.1. The molecule has 14 nitrogen and oxygen atoms in total. The van der Waals surface area contributed by atoms with Gasteiger partial charge >= 0.3 is 0 Å². The molecule has 0 aliphatic carbocycles. The maximum atomic E-state index is 6.05. The number of nitrogens with zero attached hydrogens (tertiary/aromatic N) is 11. The summed E-state index contributed by atoms with van der Waals surface area (Å²) in [7, 11) is 3.54. The number of morpholine rings is 1. The number of aryl methyl sites for hydroxylation is 1. The lowest BCUT2D eigenvalue weighted by Crippen LogP contribution is -2.49. The summed E-state index contributed by atoms with van der Waals surface area (Å²) in [5, 5.41) is 12.7. The number of benzene rings is 1. The Balaban J connectivity index is 0.899. The highest BCUT2D eigenvalue weighted by atomic mass is 16.5. The molecule has 2 saturated heterocycles. The fraction of sp³-hybridized carbons (Fsp3) is 0.414. The van der Waals surface area contributed by atoms with E-state index in [1.807, 2.05) is 49.9 Å². The molecule has 0 radical (unpaired) electrons. The Morgan fingerprint density at radius 3 is 2.58 bits per heavy atom. The molecule has 6 heterocycles. The smallest absolute Gasteiger partial charge is 0.225 e. The Morgan fingerprint density at radius 1 is 0.977 bits per heavy atom. The van der Waals surface area contributed by atoms with Crippen LogP contribution in [0.4, 0.5) is 11.6 Å². The molecule has 2 aliphatic heterocycles. The zero-order chi connectivity index (χ0) is 29.2. The Morgan fingerprint density at radius 2 is 1.81 bits per heavy atom. The van der Waals surface area contributed by atoms with E-state index in [2.05, 4.69) is 45.1 Å². The predicted octanol–water partition coefficient (Wildman–Crippen LogP) is 1.98. The van der Waals surface area contributed by atoms with Gasteiger partial charge in [0.25, 0.3) is 0 Å². The van der Waals surface area contributed by atoms with Crippen LogP contribution in [0.15, 0.2) is 55.2 Å². The van der Waals surface area contributed by atoms with Crippen LogP contribution in [0.3, 0.4) is 0 Å². The molecule has 14 heteroatoms. The fourth-order valence-electron chi connectivity index (χ4n) is 5.37. The van der Waals surface area contributed by atoms with E-state index >= 15 is 0 Å². The Hall–Kier alpha value is -4.69. The van der Waals surface area contributed by atoms with E-state index in [-0.39, 0.29) is 6.10 Å². The maximum absolute atomic E-state index is 6.05. The summed E-state index contributed by atoms with van der Waals surface area (Å²) < 4.78 is 20.7. The molecule has 4 aromatic heterocycles. The second-order valence-electron chi connectivity index (χ2n) is 10.9. The van der Waals surface area contributed by atoms with Crippen molar-refractivity contribution >= 4 is 22.9 Å². The second kappa shape index (κ2) is 11.9. The molecule has 0 unspecified atom stereocenters. The van der Waals surface area contributed by atoms with Gasteiger partial charge in [-0.25, -0.2) is 24.6 Å². The first-order valence-corrected chi connectivity index (χ1v) is 14.3. The number of hydrogen-bond donors (Lipinski definition) is 0. The van der Waals surface area contributed by atoms with Gasteiger partial charge in [0.2, 0.25) is 11.6 Å². The molecule has 0 amide bonds. The Bertz CT molecular complexity index is 1670. The standard InChI is InChI=1S/C29H33N11O3/c1-37-15-22(9-33-37)26-12-30-28-27(34-26)35-36-40(28)17-25-16-38(7-8-43-25)29-31-10-23(11-32-29)39-13-21(14-39)19-42-18-20-3-5-24(41-2)6-4-20/h3-6,9-12,15,21,25H,7-8,13-14,16-19H2,1-2H3/t25-/m0/s1. The minimum atomic E-state index is -0.115. The van der Waals surface area contributed by atoms with Gasteiger partial charge in [0.05, 0.1) is 75.7 Å². The maximum Gasteiger partial charge on any atom is 0.225 e. The van der Waals surface area contributed by atoms with Gasteiger partial charge in [-0.2, -0.15) is 5.10 Å². The summed E-state index contributed by atoms with van der Waals surface area (Å²) in [4.78, 5) is 23.0. The van der Waals surface area contributed by atoms with Gasteiger partial charge in [-0.1, -0.05) is 17.3 Å². The van der Waals surface area contributed by atoms with Crippen LogP contribution in [0.2, 0.25) is 0 Å². The average Bonchev–Trinajstić information content (AvgIpc) is 3.64. The van der Waals surface area contributed by atoms with Crippen molar-refractivity contribution in [1.82, 2.24) is 44.7 Å². The van der Waals surface area contributed by atoms with Gasteiger partial charge in [0.1, 0.15) is 5.75 Å². The molecule has 0 spiro atoms. The number of rotatable bonds is 10. The van der Waals surface area contributed by atoms with Crippen LogP contribution in [0.5, 0.6) is 5.75 Å². The van der Waals surface area contributed by atoms with Crippen LogP contribution in [0.1, 0.15) is 5.56 Å². The van der Waals surface area contributed by atoms with Crippen LogP contribution in [0.25, 0.3) is 22.6 Å². The molecule has 0 bridgehead atoms. The molecule has 2 fully saturated rings. The highest BCUT2D eigenvalue weighted by Crippen LogP contribution is 2.25. The van der Waals surface area contributed by atoms with E-state index in [1.165, 1.54) is 0 Å². The van der Waals surface area contributed by atoms with Gasteiger partial charge in [0.15, 0.2) is 5.65 Å². The highest BCUT2D eigenvalue weighted by molar-refractivity contribution is 5.69. The normalized spacial score (nSPS) is 17.4. The van der Waals surface area contributed by atoms with E-state index in [9.17, 15) is 0 Å². The molecule has 2 aliphatic rings. The van der Waals surface area contributed by atoms with Gasteiger partial charge in [0, 0.05) is 50.9 Å². The predicted molar refractivity (Wildman–Crippen MR) is 158 cm³/mol. The third-order valence-electron chi connectivity index (χ3n) is 7.75. The van der Waals surface area contributed by atoms with E-state index < -0.39 is 0 Å². The largest absolute Gasteiger partial charge is 0.497 e. The zero-order valence-corrected chi connectivity index (χ0v) is 24.2. The minimum absolute atomic E-state index is 0.115. The lowest BCUT2D eigenvalue weighted by atomic mass is 10.0. The van der Waals surface area contributed by atoms with E-state index in [0.717, 1.165) is 48.8 Å². The molecular formula is C29H33N11O3. The van der Waals surface area contributed by atoms with Crippen LogP contribution in [-0.2, 0) is 29.7 Å². The van der Waals surface area contributed by atoms with Crippen molar-refractivity contribution in [2.24, 2.45) is 13.0 Å². The van der Waals surface area contributed by atoms with Crippen LogP contribution >= 0.6 is 0 Å². The van der Waals surface area contributed by atoms with E-state index in [4.69, 9.17) is 14.2 Å². The summed E-state index contributed by atoms with van der Waals surface area (Å²) in [6, 6.07) is 7.98. The third-order valence-corrected chi connectivity index (χ3v) is 7.75. The van der Waals surface area contributed by atoms with Gasteiger partial charge in [-0.15, -0.1) is 5.10 Å². The lowest BCUT2D eigenvalue weighted by Gasteiger charge is -2.40. The molecule has 1 atom stereocenters. The van der Waals surface area contributed by atoms with Crippen molar-refractivity contribution in [1.29, 1.82) is 0 Å². The number of fused-ring (bicyclic) bond motifs is 1. The Kier molecular flexibility index (Phi) is 7.51. The van der Waals surface area contributed by atoms with Gasteiger partial charge in [-0.05, 0) is 17.7 Å². The number of anilines is 2. The van der Waals surface area contributed by atoms with Crippen molar-refractivity contribution in [2.75, 3.05) is 56.3 Å². The van der Waals surface area contributed by atoms with Crippen molar-refractivity contribution < 1.29 is 14.2 Å². The van der Waals surface area contributed by atoms with Gasteiger partial charge in [-0.3, -0.25) is 4.68 Å². The number of hydrogen-bond acceptors (Lipinski definition) is 12. The molecule has 43 heavy (non-hydrogen) atoms. The second-order valence-corrected chi connectivity index (χ2v) is 10.9. The molecule has 1 aromatic carbocycles. The number of methoxy groups -OCH3 is 1. The third kappa shape index (κ3) is 5.96. The number of aromatic nitrogens is 9. The quantitative estimate of drug-likeness (QED) is 0.238. The van der Waals surface area contributed by atoms with Crippen molar-refractivity contribution in [3.05, 3.63) is 60.8 Å². The number of ether oxygens (including phenoxy) is 3. The monoisotopic (exact) mass is 583 g/mol. The van der Waals surface area contributed by atoms with Gasteiger partial charge < -0.3 is 24.0 Å². The van der Waals surface area contributed by atoms with Crippen LogP contribution < -0.4 is 14.5 Å². The highest BCUT2D eigenvalue weighted by Gasteiger charge is 2.29. The van der Waals surface area contributed by atoms with E-state index in [1.54, 1.807) is 28.9 Å². The van der Waals surface area contributed by atoms with Crippen molar-refractivity contribution in [3.63, 3.8) is 0 Å². The molecular weight excluding hydrogens is 550 g/mol. The van der Waals surface area contributed by atoms with Crippen molar-refractivity contribution in [3.8, 4) is 17.0 Å². The average molecular weight is 584 g/mol. The molecule has 222 valence electrons. The molecule has 0 N–H and O–H groups in total. The van der Waals surface area contributed by atoms with Crippen molar-refractivity contribution in [2.45, 2.75) is 19.3 Å². The zero-order valence-electron chi connectivity index (χ0n) is 24.2. The molecule has 7 rings (SSSR count). The summed E-state index contributed by atoms with van der Waals surface area (Å²) >= 11 is 0. The first kappa shape index (κ1) is 27.2. The first-order valence-electron chi connectivity index (χ1n) is 14.3. The van der Waals surface area contributed by atoms with Crippen LogP contribution in [-0.4, -0.2) is 97.3 Å². The topological polar surface area (TPSA) is 134 Å². The minimum Gasteiger partial charge on any atom is -0.497 e. The fourth-order valence-corrected chi connectivity index (χ4v) is 5.37. The summed E-state index contributed by atoms with van der Waals surface area (Å²) in [6.07, 6.45) is 9.06. The summed E-state index contributed by atoms with van der Waals surface area (Å²) in [5.74, 6) is 2.05. The van der Waals surface area contributed by atoms with E-state index in [0.29, 0.717) is 55.2 Å².